The molecule has 21 heavy (non-hydrogen) atoms. The Morgan fingerprint density at radius 3 is 2.52 bits per heavy atom. The van der Waals surface area contributed by atoms with Gasteiger partial charge < -0.3 is 10.6 Å². The highest BCUT2D eigenvalue weighted by atomic mass is 35.5. The zero-order valence-electron chi connectivity index (χ0n) is 12.8. The van der Waals surface area contributed by atoms with Gasteiger partial charge in [0.1, 0.15) is 5.75 Å². The summed E-state index contributed by atoms with van der Waals surface area (Å²) in [5.41, 5.74) is 0. The van der Waals surface area contributed by atoms with E-state index in [0.717, 1.165) is 45.6 Å². The fourth-order valence-electron chi connectivity index (χ4n) is 2.18. The van der Waals surface area contributed by atoms with Crippen LogP contribution in [0.15, 0.2) is 0 Å². The molecule has 1 amide bonds. The molecule has 1 saturated heterocycles. The molecule has 2 N–H and O–H groups in total. The molecule has 0 saturated carbocycles. The summed E-state index contributed by atoms with van der Waals surface area (Å²) in [7, 11) is -3.24. The van der Waals surface area contributed by atoms with Crippen molar-refractivity contribution in [1.82, 2.24) is 15.5 Å². The quantitative estimate of drug-likeness (QED) is 0.579. The summed E-state index contributed by atoms with van der Waals surface area (Å²) in [4.78, 5) is 13.9. The van der Waals surface area contributed by atoms with Crippen LogP contribution in [-0.2, 0) is 14.6 Å². The highest BCUT2D eigenvalue weighted by Gasteiger charge is 2.16. The SMILES string of the molecule is CCCCCS(=O)(=O)CC(=O)NCCN1CCNCC1.Cl. The normalized spacial score (nSPS) is 16.2. The molecular formula is C13H28ClN3O3S. The first-order valence-electron chi connectivity index (χ1n) is 7.43. The van der Waals surface area contributed by atoms with Crippen LogP contribution >= 0.6 is 12.4 Å². The summed E-state index contributed by atoms with van der Waals surface area (Å²) in [6.45, 7) is 7.22. The van der Waals surface area contributed by atoms with Gasteiger partial charge in [0.05, 0.1) is 5.75 Å². The van der Waals surface area contributed by atoms with Crippen LogP contribution in [0, 0.1) is 0 Å². The van der Waals surface area contributed by atoms with Crippen molar-refractivity contribution < 1.29 is 13.2 Å². The molecule has 8 heteroatoms. The van der Waals surface area contributed by atoms with E-state index in [9.17, 15) is 13.2 Å². The molecule has 0 aromatic rings. The number of hydrogen-bond donors (Lipinski definition) is 2. The lowest BCUT2D eigenvalue weighted by molar-refractivity contribution is -0.118. The van der Waals surface area contributed by atoms with Gasteiger partial charge in [0.25, 0.3) is 0 Å². The predicted octanol–water partition coefficient (Wildman–Crippen LogP) is 0.0346. The Labute approximate surface area is 134 Å². The maximum absolute atomic E-state index is 11.7. The molecule has 1 aliphatic heterocycles. The summed E-state index contributed by atoms with van der Waals surface area (Å²) < 4.78 is 23.4. The second kappa shape index (κ2) is 11.2. The van der Waals surface area contributed by atoms with E-state index in [4.69, 9.17) is 0 Å². The zero-order chi connectivity index (χ0) is 14.8. The first-order chi connectivity index (χ1) is 9.53. The van der Waals surface area contributed by atoms with Crippen molar-refractivity contribution in [3.8, 4) is 0 Å². The third-order valence-corrected chi connectivity index (χ3v) is 4.98. The van der Waals surface area contributed by atoms with Crippen molar-refractivity contribution >= 4 is 28.2 Å². The number of amides is 1. The number of rotatable bonds is 9. The Hall–Kier alpha value is -0.370. The van der Waals surface area contributed by atoms with E-state index < -0.39 is 9.84 Å². The van der Waals surface area contributed by atoms with Crippen molar-refractivity contribution in [3.63, 3.8) is 0 Å². The van der Waals surface area contributed by atoms with Gasteiger partial charge >= 0.3 is 0 Å². The van der Waals surface area contributed by atoms with Gasteiger partial charge in [-0.15, -0.1) is 12.4 Å². The molecule has 0 unspecified atom stereocenters. The third kappa shape index (κ3) is 10.1. The molecule has 0 bridgehead atoms. The molecule has 0 atom stereocenters. The number of unbranched alkanes of at least 4 members (excludes halogenated alkanes) is 2. The van der Waals surface area contributed by atoms with Gasteiger partial charge in [0.15, 0.2) is 9.84 Å². The molecule has 1 rings (SSSR count). The third-order valence-electron chi connectivity index (χ3n) is 3.37. The van der Waals surface area contributed by atoms with Gasteiger partial charge in [-0.25, -0.2) is 8.42 Å². The Kier molecular flexibility index (Phi) is 11.0. The fraction of sp³-hybridized carbons (Fsp3) is 0.923. The smallest absolute Gasteiger partial charge is 0.235 e. The van der Waals surface area contributed by atoms with Crippen LogP contribution in [0.2, 0.25) is 0 Å². The summed E-state index contributed by atoms with van der Waals surface area (Å²) in [5.74, 6) is -0.638. The summed E-state index contributed by atoms with van der Waals surface area (Å²) in [6.07, 6.45) is 2.52. The van der Waals surface area contributed by atoms with Crippen LogP contribution < -0.4 is 10.6 Å². The first-order valence-corrected chi connectivity index (χ1v) is 9.26. The molecule has 0 aromatic heterocycles. The summed E-state index contributed by atoms with van der Waals surface area (Å²) >= 11 is 0. The lowest BCUT2D eigenvalue weighted by Gasteiger charge is -2.27. The average molecular weight is 342 g/mol. The molecule has 1 aliphatic rings. The van der Waals surface area contributed by atoms with Gasteiger partial charge in [-0.3, -0.25) is 9.69 Å². The van der Waals surface area contributed by atoms with Gasteiger partial charge in [0, 0.05) is 39.3 Å². The zero-order valence-corrected chi connectivity index (χ0v) is 14.4. The van der Waals surface area contributed by atoms with E-state index >= 15 is 0 Å². The number of piperazine rings is 1. The van der Waals surface area contributed by atoms with Crippen LogP contribution in [0.3, 0.4) is 0 Å². The molecule has 0 radical (unpaired) electrons. The largest absolute Gasteiger partial charge is 0.354 e. The molecule has 0 aromatic carbocycles. The predicted molar refractivity (Wildman–Crippen MR) is 87.7 cm³/mol. The van der Waals surface area contributed by atoms with Crippen molar-refractivity contribution in [1.29, 1.82) is 0 Å². The Bertz CT molecular complexity index is 384. The molecule has 1 heterocycles. The van der Waals surface area contributed by atoms with Gasteiger partial charge in [-0.05, 0) is 6.42 Å². The van der Waals surface area contributed by atoms with Crippen LogP contribution in [0.1, 0.15) is 26.2 Å². The second-order valence-corrected chi connectivity index (χ2v) is 7.42. The number of nitrogens with zero attached hydrogens (tertiary/aromatic N) is 1. The van der Waals surface area contributed by atoms with Gasteiger partial charge in [0.2, 0.25) is 5.91 Å². The van der Waals surface area contributed by atoms with Crippen LogP contribution in [-0.4, -0.2) is 70.0 Å². The second-order valence-electron chi connectivity index (χ2n) is 5.24. The van der Waals surface area contributed by atoms with E-state index in [-0.39, 0.29) is 29.8 Å². The molecule has 0 spiro atoms. The van der Waals surface area contributed by atoms with Crippen molar-refractivity contribution in [2.24, 2.45) is 0 Å². The summed E-state index contributed by atoms with van der Waals surface area (Å²) in [5, 5.41) is 5.96. The van der Waals surface area contributed by atoms with Crippen LogP contribution in [0.5, 0.6) is 0 Å². The maximum atomic E-state index is 11.7. The van der Waals surface area contributed by atoms with Crippen molar-refractivity contribution in [3.05, 3.63) is 0 Å². The van der Waals surface area contributed by atoms with E-state index in [1.807, 2.05) is 6.92 Å². The standard InChI is InChI=1S/C13H27N3O3S.ClH/c1-2-3-4-11-20(18,19)12-13(17)15-7-10-16-8-5-14-6-9-16;/h14H,2-12H2,1H3,(H,15,17);1H. The minimum absolute atomic E-state index is 0. The Morgan fingerprint density at radius 2 is 1.90 bits per heavy atom. The Balaban J connectivity index is 0.00000400. The van der Waals surface area contributed by atoms with Gasteiger partial charge in [-0.2, -0.15) is 0 Å². The molecule has 126 valence electrons. The van der Waals surface area contributed by atoms with Gasteiger partial charge in [-0.1, -0.05) is 19.8 Å². The average Bonchev–Trinajstić information content (AvgIpc) is 2.39. The molecule has 1 fully saturated rings. The maximum Gasteiger partial charge on any atom is 0.235 e. The molecule has 0 aliphatic carbocycles. The Morgan fingerprint density at radius 1 is 1.24 bits per heavy atom. The van der Waals surface area contributed by atoms with Crippen molar-refractivity contribution in [2.75, 3.05) is 50.8 Å². The monoisotopic (exact) mass is 341 g/mol. The number of nitrogens with one attached hydrogen (secondary N) is 2. The van der Waals surface area contributed by atoms with E-state index in [1.54, 1.807) is 0 Å². The number of sulfone groups is 1. The lowest BCUT2D eigenvalue weighted by atomic mass is 10.3. The highest BCUT2D eigenvalue weighted by Crippen LogP contribution is 2.00. The number of carbonyl (C=O) groups is 1. The van der Waals surface area contributed by atoms with E-state index in [0.29, 0.717) is 13.0 Å². The number of hydrogen-bond acceptors (Lipinski definition) is 5. The number of halogens is 1. The molecule has 6 nitrogen and oxygen atoms in total. The first kappa shape index (κ1) is 20.6. The molecular weight excluding hydrogens is 314 g/mol. The fourth-order valence-corrected chi connectivity index (χ4v) is 3.47. The van der Waals surface area contributed by atoms with Crippen molar-refractivity contribution in [2.45, 2.75) is 26.2 Å². The topological polar surface area (TPSA) is 78.5 Å². The van der Waals surface area contributed by atoms with E-state index in [1.165, 1.54) is 0 Å². The minimum Gasteiger partial charge on any atom is -0.354 e. The lowest BCUT2D eigenvalue weighted by Crippen LogP contribution is -2.46. The summed E-state index contributed by atoms with van der Waals surface area (Å²) in [6, 6.07) is 0. The number of carbonyl (C=O) groups excluding carboxylic acids is 1. The van der Waals surface area contributed by atoms with Crippen LogP contribution in [0.25, 0.3) is 0 Å². The van der Waals surface area contributed by atoms with E-state index in [2.05, 4.69) is 15.5 Å². The minimum atomic E-state index is -3.24. The highest BCUT2D eigenvalue weighted by molar-refractivity contribution is 7.92. The van der Waals surface area contributed by atoms with Crippen LogP contribution in [0.4, 0.5) is 0 Å².